The van der Waals surface area contributed by atoms with Crippen LogP contribution in [0, 0.1) is 0 Å². The van der Waals surface area contributed by atoms with Crippen LogP contribution in [0.5, 0.6) is 11.8 Å². The number of halogens is 1. The molecule has 2 atom stereocenters. The molecular weight excluding hydrogens is 390 g/mol. The van der Waals surface area contributed by atoms with Gasteiger partial charge >= 0.3 is 0 Å². The van der Waals surface area contributed by atoms with Gasteiger partial charge in [-0.05, 0) is 44.2 Å². The topological polar surface area (TPSA) is 45.4 Å². The average molecular weight is 410 g/mol. The van der Waals surface area contributed by atoms with Crippen molar-refractivity contribution in [2.45, 2.75) is 38.5 Å². The number of aromatic nitrogens is 1. The van der Waals surface area contributed by atoms with Crippen molar-refractivity contribution < 1.29 is 10.2 Å². The lowest BCUT2D eigenvalue weighted by Gasteiger charge is -2.15. The summed E-state index contributed by atoms with van der Waals surface area (Å²) in [6.07, 6.45) is 2.10. The number of hydrogen-bond donors (Lipinski definition) is 2. The molecule has 4 heteroatoms. The van der Waals surface area contributed by atoms with E-state index in [0.29, 0.717) is 0 Å². The van der Waals surface area contributed by atoms with E-state index in [4.69, 9.17) is 0 Å². The van der Waals surface area contributed by atoms with E-state index in [1.165, 1.54) is 11.1 Å². The number of aromatic hydroxyl groups is 2. The van der Waals surface area contributed by atoms with Gasteiger partial charge in [-0.1, -0.05) is 51.3 Å². The summed E-state index contributed by atoms with van der Waals surface area (Å²) >= 11 is 3.60. The molecule has 2 unspecified atom stereocenters. The summed E-state index contributed by atoms with van der Waals surface area (Å²) in [5, 5.41) is 24.3. The van der Waals surface area contributed by atoms with E-state index in [0.717, 1.165) is 44.9 Å². The van der Waals surface area contributed by atoms with Crippen molar-refractivity contribution in [2.24, 2.45) is 0 Å². The van der Waals surface area contributed by atoms with Gasteiger partial charge in [-0.3, -0.25) is 4.57 Å². The third-order valence-corrected chi connectivity index (χ3v) is 6.74. The first kappa shape index (κ1) is 16.0. The SMILES string of the molecule is CC(C)=C1C2CCC1c1c2c(O)n(-c2ccc(Br)c3ccccc23)c1O. The molecule has 0 radical (unpaired) electrons. The summed E-state index contributed by atoms with van der Waals surface area (Å²) in [4.78, 5) is 0. The summed E-state index contributed by atoms with van der Waals surface area (Å²) in [6.45, 7) is 4.27. The second-order valence-electron chi connectivity index (χ2n) is 7.56. The highest BCUT2D eigenvalue weighted by Gasteiger charge is 2.48. The van der Waals surface area contributed by atoms with Crippen LogP contribution in [0.15, 0.2) is 52.0 Å². The van der Waals surface area contributed by atoms with Gasteiger partial charge in [0.05, 0.1) is 5.69 Å². The van der Waals surface area contributed by atoms with E-state index in [1.807, 2.05) is 36.4 Å². The van der Waals surface area contributed by atoms with Crippen molar-refractivity contribution in [3.05, 3.63) is 63.1 Å². The van der Waals surface area contributed by atoms with Crippen LogP contribution in [0.25, 0.3) is 16.5 Å². The summed E-state index contributed by atoms with van der Waals surface area (Å²) in [6, 6.07) is 12.0. The second-order valence-corrected chi connectivity index (χ2v) is 8.41. The lowest BCUT2D eigenvalue weighted by atomic mass is 9.95. The predicted octanol–water partition coefficient (Wildman–Crippen LogP) is 6.12. The van der Waals surface area contributed by atoms with Gasteiger partial charge in [0.2, 0.25) is 11.8 Å². The molecule has 2 N–H and O–H groups in total. The van der Waals surface area contributed by atoms with Crippen LogP contribution >= 0.6 is 15.9 Å². The molecule has 3 aromatic rings. The molecule has 1 fully saturated rings. The largest absolute Gasteiger partial charge is 0.494 e. The van der Waals surface area contributed by atoms with Crippen LogP contribution in [0.4, 0.5) is 0 Å². The minimum absolute atomic E-state index is 0.191. The summed E-state index contributed by atoms with van der Waals surface area (Å²) in [5.74, 6) is 0.870. The molecule has 0 spiro atoms. The summed E-state index contributed by atoms with van der Waals surface area (Å²) in [5.41, 5.74) is 5.39. The number of rotatable bonds is 1. The first-order valence-corrected chi connectivity index (χ1v) is 9.81. The molecule has 5 rings (SSSR count). The minimum Gasteiger partial charge on any atom is -0.494 e. The maximum absolute atomic E-state index is 11.1. The lowest BCUT2D eigenvalue weighted by molar-refractivity contribution is 0.397. The fourth-order valence-corrected chi connectivity index (χ4v) is 5.60. The highest BCUT2D eigenvalue weighted by atomic mass is 79.9. The molecule has 2 aliphatic rings. The molecule has 1 heterocycles. The number of allylic oxidation sites excluding steroid dienone is 2. The van der Waals surface area contributed by atoms with Crippen molar-refractivity contribution in [3.63, 3.8) is 0 Å². The fourth-order valence-electron chi connectivity index (χ4n) is 5.12. The molecule has 2 aliphatic carbocycles. The van der Waals surface area contributed by atoms with E-state index >= 15 is 0 Å². The maximum atomic E-state index is 11.1. The number of hydrogen-bond acceptors (Lipinski definition) is 2. The molecule has 1 saturated carbocycles. The second kappa shape index (κ2) is 5.40. The van der Waals surface area contributed by atoms with Crippen LogP contribution in [0.1, 0.15) is 49.7 Å². The maximum Gasteiger partial charge on any atom is 0.202 e. The quantitative estimate of drug-likeness (QED) is 0.475. The molecular formula is C22H20BrNO2. The van der Waals surface area contributed by atoms with E-state index in [1.54, 1.807) is 4.57 Å². The molecule has 3 nitrogen and oxygen atoms in total. The lowest BCUT2D eigenvalue weighted by Crippen LogP contribution is -1.98. The van der Waals surface area contributed by atoms with E-state index in [2.05, 4.69) is 29.8 Å². The Kier molecular flexibility index (Phi) is 3.32. The third kappa shape index (κ3) is 1.88. The first-order chi connectivity index (χ1) is 12.5. The van der Waals surface area contributed by atoms with Crippen molar-refractivity contribution in [2.75, 3.05) is 0 Å². The molecule has 26 heavy (non-hydrogen) atoms. The van der Waals surface area contributed by atoms with E-state index in [9.17, 15) is 10.2 Å². The van der Waals surface area contributed by atoms with Gasteiger partial charge in [-0.15, -0.1) is 0 Å². The van der Waals surface area contributed by atoms with Gasteiger partial charge in [0, 0.05) is 32.8 Å². The zero-order valence-electron chi connectivity index (χ0n) is 14.8. The number of nitrogens with zero attached hydrogens (tertiary/aromatic N) is 1. The van der Waals surface area contributed by atoms with E-state index < -0.39 is 0 Å². The highest BCUT2D eigenvalue weighted by Crippen LogP contribution is 2.64. The van der Waals surface area contributed by atoms with Gasteiger partial charge < -0.3 is 10.2 Å². The van der Waals surface area contributed by atoms with Crippen LogP contribution in [-0.2, 0) is 0 Å². The number of fused-ring (bicyclic) bond motifs is 6. The Bertz CT molecular complexity index is 1070. The van der Waals surface area contributed by atoms with Gasteiger partial charge in [0.1, 0.15) is 0 Å². The Balaban J connectivity index is 1.81. The van der Waals surface area contributed by atoms with Crippen LogP contribution in [0.2, 0.25) is 0 Å². The summed E-state index contributed by atoms with van der Waals surface area (Å²) in [7, 11) is 0. The zero-order chi connectivity index (χ0) is 18.2. The third-order valence-electron chi connectivity index (χ3n) is 6.05. The summed E-state index contributed by atoms with van der Waals surface area (Å²) < 4.78 is 2.63. The van der Waals surface area contributed by atoms with E-state index in [-0.39, 0.29) is 23.6 Å². The molecule has 1 aromatic heterocycles. The molecule has 2 aromatic carbocycles. The molecule has 0 saturated heterocycles. The molecule has 2 bridgehead atoms. The average Bonchev–Trinajstić information content (AvgIpc) is 3.27. The molecule has 0 amide bonds. The van der Waals surface area contributed by atoms with Gasteiger partial charge in [-0.2, -0.15) is 0 Å². The molecule has 132 valence electrons. The Labute approximate surface area is 160 Å². The van der Waals surface area contributed by atoms with Gasteiger partial charge in [-0.25, -0.2) is 0 Å². The standard InChI is InChI=1S/C22H20BrNO2/c1-11(2)18-14-7-8-15(18)20-19(14)21(25)24(22(20)26)17-10-9-16(23)12-5-3-4-6-13(12)17/h3-6,9-10,14-15,25-26H,7-8H2,1-2H3. The monoisotopic (exact) mass is 409 g/mol. The highest BCUT2D eigenvalue weighted by molar-refractivity contribution is 9.10. The number of benzene rings is 2. The van der Waals surface area contributed by atoms with Gasteiger partial charge in [0.15, 0.2) is 0 Å². The first-order valence-electron chi connectivity index (χ1n) is 9.02. The van der Waals surface area contributed by atoms with Crippen LogP contribution in [-0.4, -0.2) is 14.8 Å². The Morgan fingerprint density at radius 2 is 1.50 bits per heavy atom. The smallest absolute Gasteiger partial charge is 0.202 e. The minimum atomic E-state index is 0.191. The normalized spacial score (nSPS) is 20.8. The van der Waals surface area contributed by atoms with Crippen LogP contribution in [0.3, 0.4) is 0 Å². The molecule has 0 aliphatic heterocycles. The predicted molar refractivity (Wildman–Crippen MR) is 107 cm³/mol. The van der Waals surface area contributed by atoms with Crippen molar-refractivity contribution in [1.29, 1.82) is 0 Å². The fraction of sp³-hybridized carbons (Fsp3) is 0.273. The Morgan fingerprint density at radius 3 is 2.08 bits per heavy atom. The van der Waals surface area contributed by atoms with Crippen molar-refractivity contribution in [1.82, 2.24) is 4.57 Å². The Morgan fingerprint density at radius 1 is 0.923 bits per heavy atom. The van der Waals surface area contributed by atoms with Crippen molar-refractivity contribution in [3.8, 4) is 17.4 Å². The Hall–Kier alpha value is -2.20. The van der Waals surface area contributed by atoms with Crippen molar-refractivity contribution >= 4 is 26.7 Å². The zero-order valence-corrected chi connectivity index (χ0v) is 16.3. The van der Waals surface area contributed by atoms with Crippen LogP contribution < -0.4 is 0 Å². The van der Waals surface area contributed by atoms with Gasteiger partial charge in [0.25, 0.3) is 0 Å².